The molecule has 1 fully saturated rings. The summed E-state index contributed by atoms with van der Waals surface area (Å²) in [4.78, 5) is 13.4. The average Bonchev–Trinajstić information content (AvgIpc) is 2.40. The molecular formula is C14H20ClN3O. The first kappa shape index (κ1) is 14.2. The van der Waals surface area contributed by atoms with Crippen molar-refractivity contribution in [2.45, 2.75) is 19.3 Å². The topological polar surface area (TPSA) is 72.3 Å². The summed E-state index contributed by atoms with van der Waals surface area (Å²) in [6.07, 6.45) is 3.39. The summed E-state index contributed by atoms with van der Waals surface area (Å²) in [6, 6.07) is 5.26. The minimum Gasteiger partial charge on any atom is -0.370 e. The Morgan fingerprint density at radius 2 is 2.05 bits per heavy atom. The van der Waals surface area contributed by atoms with E-state index in [0.29, 0.717) is 10.6 Å². The number of nitrogens with zero attached hydrogens (tertiary/aromatic N) is 1. The molecule has 5 heteroatoms. The molecule has 0 aromatic heterocycles. The molecule has 1 saturated heterocycles. The van der Waals surface area contributed by atoms with Gasteiger partial charge in [-0.1, -0.05) is 11.6 Å². The minimum absolute atomic E-state index is 0.449. The van der Waals surface area contributed by atoms with Crippen LogP contribution < -0.4 is 16.4 Å². The summed E-state index contributed by atoms with van der Waals surface area (Å²) in [5.74, 6) is 0.278. The first-order valence-corrected chi connectivity index (χ1v) is 7.04. The predicted octanol–water partition coefficient (Wildman–Crippen LogP) is 2.00. The van der Waals surface area contributed by atoms with Crippen molar-refractivity contribution in [3.05, 3.63) is 28.8 Å². The molecule has 1 aliphatic heterocycles. The minimum atomic E-state index is -0.449. The largest absolute Gasteiger partial charge is 0.370 e. The van der Waals surface area contributed by atoms with E-state index in [0.717, 1.165) is 50.5 Å². The van der Waals surface area contributed by atoms with Gasteiger partial charge in [-0.2, -0.15) is 0 Å². The second-order valence-electron chi connectivity index (χ2n) is 5.04. The molecule has 1 aromatic rings. The van der Waals surface area contributed by atoms with E-state index in [-0.39, 0.29) is 0 Å². The Labute approximate surface area is 118 Å². The molecule has 1 aromatic carbocycles. The standard InChI is InChI=1S/C14H20ClN3O/c15-12-9-11(14(17)19)1-2-13(12)18-7-4-10(3-6-16)5-8-18/h1-2,9-10H,3-8,16H2,(H2,17,19). The fourth-order valence-corrected chi connectivity index (χ4v) is 2.91. The van der Waals surface area contributed by atoms with Crippen molar-refractivity contribution in [3.8, 4) is 0 Å². The molecule has 0 radical (unpaired) electrons. The Morgan fingerprint density at radius 1 is 1.37 bits per heavy atom. The van der Waals surface area contributed by atoms with Crippen LogP contribution in [0.2, 0.25) is 5.02 Å². The molecule has 0 bridgehead atoms. The average molecular weight is 282 g/mol. The number of hydrogen-bond donors (Lipinski definition) is 2. The van der Waals surface area contributed by atoms with E-state index in [1.165, 1.54) is 0 Å². The van der Waals surface area contributed by atoms with E-state index in [9.17, 15) is 4.79 Å². The van der Waals surface area contributed by atoms with Gasteiger partial charge >= 0.3 is 0 Å². The molecule has 4 nitrogen and oxygen atoms in total. The van der Waals surface area contributed by atoms with Gasteiger partial charge in [0.05, 0.1) is 10.7 Å². The van der Waals surface area contributed by atoms with Crippen molar-refractivity contribution < 1.29 is 4.79 Å². The normalized spacial score (nSPS) is 16.6. The summed E-state index contributed by atoms with van der Waals surface area (Å²) >= 11 is 6.23. The zero-order valence-corrected chi connectivity index (χ0v) is 11.7. The number of carbonyl (C=O) groups is 1. The third-order valence-electron chi connectivity index (χ3n) is 3.76. The van der Waals surface area contributed by atoms with Gasteiger partial charge in [-0.15, -0.1) is 0 Å². The molecule has 4 N–H and O–H groups in total. The second kappa shape index (κ2) is 6.26. The van der Waals surface area contributed by atoms with Gasteiger partial charge in [-0.25, -0.2) is 0 Å². The number of anilines is 1. The Balaban J connectivity index is 2.05. The van der Waals surface area contributed by atoms with Crippen molar-refractivity contribution >= 4 is 23.2 Å². The smallest absolute Gasteiger partial charge is 0.248 e. The third-order valence-corrected chi connectivity index (χ3v) is 4.07. The summed E-state index contributed by atoms with van der Waals surface area (Å²) in [6.45, 7) is 2.74. The number of nitrogens with two attached hydrogens (primary N) is 2. The predicted molar refractivity (Wildman–Crippen MR) is 78.6 cm³/mol. The first-order chi connectivity index (χ1) is 9.11. The zero-order chi connectivity index (χ0) is 13.8. The van der Waals surface area contributed by atoms with Crippen LogP contribution in [-0.2, 0) is 0 Å². The van der Waals surface area contributed by atoms with Crippen LogP contribution in [0.1, 0.15) is 29.6 Å². The maximum Gasteiger partial charge on any atom is 0.248 e. The molecule has 0 atom stereocenters. The molecule has 0 unspecified atom stereocenters. The number of piperidine rings is 1. The van der Waals surface area contributed by atoms with Gasteiger partial charge in [0.1, 0.15) is 0 Å². The number of benzene rings is 1. The fourth-order valence-electron chi connectivity index (χ4n) is 2.61. The van der Waals surface area contributed by atoms with E-state index in [1.54, 1.807) is 12.1 Å². The van der Waals surface area contributed by atoms with Gasteiger partial charge < -0.3 is 16.4 Å². The summed E-state index contributed by atoms with van der Waals surface area (Å²) in [5, 5.41) is 0.591. The van der Waals surface area contributed by atoms with Gasteiger partial charge in [0, 0.05) is 18.7 Å². The number of rotatable bonds is 4. The van der Waals surface area contributed by atoms with Crippen molar-refractivity contribution in [1.82, 2.24) is 0 Å². The molecule has 0 spiro atoms. The SMILES string of the molecule is NCCC1CCN(c2ccc(C(N)=O)cc2Cl)CC1. The van der Waals surface area contributed by atoms with Crippen LogP contribution in [0.5, 0.6) is 0 Å². The Bertz CT molecular complexity index is 456. The van der Waals surface area contributed by atoms with E-state index in [4.69, 9.17) is 23.1 Å². The third kappa shape index (κ3) is 3.39. The number of halogens is 1. The highest BCUT2D eigenvalue weighted by molar-refractivity contribution is 6.33. The van der Waals surface area contributed by atoms with E-state index in [2.05, 4.69) is 4.90 Å². The lowest BCUT2D eigenvalue weighted by atomic mass is 9.93. The lowest BCUT2D eigenvalue weighted by Crippen LogP contribution is -2.34. The van der Waals surface area contributed by atoms with Crippen LogP contribution >= 0.6 is 11.6 Å². The maximum atomic E-state index is 11.1. The van der Waals surface area contributed by atoms with Crippen molar-refractivity contribution in [2.24, 2.45) is 17.4 Å². The second-order valence-corrected chi connectivity index (χ2v) is 5.45. The van der Waals surface area contributed by atoms with Crippen LogP contribution in [0.4, 0.5) is 5.69 Å². The van der Waals surface area contributed by atoms with Gasteiger partial charge in [-0.05, 0) is 49.9 Å². The van der Waals surface area contributed by atoms with Crippen LogP contribution in [0.15, 0.2) is 18.2 Å². The molecule has 104 valence electrons. The summed E-state index contributed by atoms with van der Waals surface area (Å²) < 4.78 is 0. The zero-order valence-electron chi connectivity index (χ0n) is 10.9. The number of primary amides is 1. The van der Waals surface area contributed by atoms with Gasteiger partial charge in [0.15, 0.2) is 0 Å². The van der Waals surface area contributed by atoms with Gasteiger partial charge in [0.2, 0.25) is 5.91 Å². The molecule has 1 aliphatic rings. The maximum absolute atomic E-state index is 11.1. The molecule has 0 saturated carbocycles. The summed E-state index contributed by atoms with van der Waals surface area (Å²) in [7, 11) is 0. The van der Waals surface area contributed by atoms with Crippen LogP contribution in [-0.4, -0.2) is 25.5 Å². The highest BCUT2D eigenvalue weighted by atomic mass is 35.5. The fraction of sp³-hybridized carbons (Fsp3) is 0.500. The quantitative estimate of drug-likeness (QED) is 0.887. The number of hydrogen-bond acceptors (Lipinski definition) is 3. The lowest BCUT2D eigenvalue weighted by Gasteiger charge is -2.34. The number of carbonyl (C=O) groups excluding carboxylic acids is 1. The highest BCUT2D eigenvalue weighted by Gasteiger charge is 2.20. The molecule has 19 heavy (non-hydrogen) atoms. The Kier molecular flexibility index (Phi) is 4.66. The van der Waals surface area contributed by atoms with E-state index < -0.39 is 5.91 Å². The first-order valence-electron chi connectivity index (χ1n) is 6.66. The Morgan fingerprint density at radius 3 is 2.58 bits per heavy atom. The van der Waals surface area contributed by atoms with Gasteiger partial charge in [-0.3, -0.25) is 4.79 Å². The van der Waals surface area contributed by atoms with Crippen molar-refractivity contribution in [1.29, 1.82) is 0 Å². The monoisotopic (exact) mass is 281 g/mol. The van der Waals surface area contributed by atoms with Crippen LogP contribution in [0.25, 0.3) is 0 Å². The molecule has 2 rings (SSSR count). The van der Waals surface area contributed by atoms with E-state index >= 15 is 0 Å². The van der Waals surface area contributed by atoms with Crippen molar-refractivity contribution in [3.63, 3.8) is 0 Å². The number of amides is 1. The van der Waals surface area contributed by atoms with Crippen LogP contribution in [0, 0.1) is 5.92 Å². The highest BCUT2D eigenvalue weighted by Crippen LogP contribution is 2.31. The lowest BCUT2D eigenvalue weighted by molar-refractivity contribution is 0.100. The van der Waals surface area contributed by atoms with E-state index in [1.807, 2.05) is 6.07 Å². The molecule has 0 aliphatic carbocycles. The molecular weight excluding hydrogens is 262 g/mol. The van der Waals surface area contributed by atoms with Crippen LogP contribution in [0.3, 0.4) is 0 Å². The van der Waals surface area contributed by atoms with Gasteiger partial charge in [0.25, 0.3) is 0 Å². The molecule has 1 heterocycles. The Hall–Kier alpha value is -1.26. The molecule has 1 amide bonds. The summed E-state index contributed by atoms with van der Waals surface area (Å²) in [5.41, 5.74) is 12.3. The van der Waals surface area contributed by atoms with Crippen molar-refractivity contribution in [2.75, 3.05) is 24.5 Å².